The zero-order chi connectivity index (χ0) is 14.9. The number of carbonyl (C=O) groups is 1. The van der Waals surface area contributed by atoms with Gasteiger partial charge in [0.05, 0.1) is 22.9 Å². The zero-order valence-electron chi connectivity index (χ0n) is 9.99. The van der Waals surface area contributed by atoms with E-state index in [-0.39, 0.29) is 29.6 Å². The number of hydrogen-bond acceptors (Lipinski definition) is 3. The van der Waals surface area contributed by atoms with E-state index in [2.05, 4.69) is 9.97 Å². The topological polar surface area (TPSA) is 83.0 Å². The van der Waals surface area contributed by atoms with E-state index < -0.39 is 23.3 Å². The maximum Gasteiger partial charge on any atom is 0.416 e. The number of nitrogens with zero attached hydrogens (tertiary/aromatic N) is 1. The van der Waals surface area contributed by atoms with Crippen LogP contribution in [-0.4, -0.2) is 21.0 Å². The van der Waals surface area contributed by atoms with Gasteiger partial charge in [-0.2, -0.15) is 13.2 Å². The maximum atomic E-state index is 12.6. The Balaban J connectivity index is 2.50. The number of fused-ring (bicyclic) bond motifs is 1. The molecule has 1 aromatic heterocycles. The van der Waals surface area contributed by atoms with E-state index in [0.717, 1.165) is 18.2 Å². The predicted molar refractivity (Wildman–Crippen MR) is 63.3 cm³/mol. The number of aliphatic carboxylic acids is 1. The van der Waals surface area contributed by atoms with Crippen LogP contribution in [-0.2, 0) is 17.4 Å². The molecule has 2 N–H and O–H groups in total. The van der Waals surface area contributed by atoms with Gasteiger partial charge in [0.2, 0.25) is 0 Å². The Morgan fingerprint density at radius 2 is 2.05 bits per heavy atom. The third-order valence-electron chi connectivity index (χ3n) is 2.66. The fourth-order valence-corrected chi connectivity index (χ4v) is 1.71. The van der Waals surface area contributed by atoms with E-state index in [1.54, 1.807) is 0 Å². The minimum Gasteiger partial charge on any atom is -0.481 e. The number of aryl methyl sites for hydroxylation is 1. The van der Waals surface area contributed by atoms with E-state index in [1.807, 2.05) is 0 Å². The number of nitrogens with one attached hydrogen (secondary N) is 1. The van der Waals surface area contributed by atoms with Gasteiger partial charge < -0.3 is 10.1 Å². The van der Waals surface area contributed by atoms with Crippen LogP contribution < -0.4 is 5.56 Å². The molecule has 20 heavy (non-hydrogen) atoms. The average molecular weight is 286 g/mol. The van der Waals surface area contributed by atoms with Gasteiger partial charge in [0.15, 0.2) is 0 Å². The molecular formula is C12H9F3N2O3. The highest BCUT2D eigenvalue weighted by atomic mass is 19.4. The summed E-state index contributed by atoms with van der Waals surface area (Å²) in [6.45, 7) is 0. The van der Waals surface area contributed by atoms with Crippen molar-refractivity contribution >= 4 is 16.9 Å². The van der Waals surface area contributed by atoms with Gasteiger partial charge in [0.25, 0.3) is 5.56 Å². The van der Waals surface area contributed by atoms with E-state index in [0.29, 0.717) is 0 Å². The number of halogens is 3. The van der Waals surface area contributed by atoms with Crippen molar-refractivity contribution in [3.8, 4) is 0 Å². The number of benzene rings is 1. The van der Waals surface area contributed by atoms with Crippen molar-refractivity contribution in [3.05, 3.63) is 39.9 Å². The Kier molecular flexibility index (Phi) is 3.47. The van der Waals surface area contributed by atoms with E-state index >= 15 is 0 Å². The molecule has 106 valence electrons. The van der Waals surface area contributed by atoms with Crippen LogP contribution in [0.25, 0.3) is 10.9 Å². The number of carboxylic acids is 1. The van der Waals surface area contributed by atoms with Crippen molar-refractivity contribution in [3.63, 3.8) is 0 Å². The molecule has 8 heteroatoms. The number of rotatable bonds is 3. The van der Waals surface area contributed by atoms with Gasteiger partial charge in [-0.15, -0.1) is 0 Å². The lowest BCUT2D eigenvalue weighted by molar-refractivity contribution is -0.138. The van der Waals surface area contributed by atoms with Crippen LogP contribution in [0.3, 0.4) is 0 Å². The Morgan fingerprint density at radius 3 is 2.65 bits per heavy atom. The molecule has 0 saturated heterocycles. The van der Waals surface area contributed by atoms with Crippen LogP contribution >= 0.6 is 0 Å². The summed E-state index contributed by atoms with van der Waals surface area (Å²) >= 11 is 0. The van der Waals surface area contributed by atoms with Crippen LogP contribution in [0.1, 0.15) is 17.8 Å². The number of hydrogen-bond donors (Lipinski definition) is 2. The molecule has 0 fully saturated rings. The van der Waals surface area contributed by atoms with Gasteiger partial charge in [-0.3, -0.25) is 9.59 Å². The molecule has 0 aliphatic heterocycles. The Morgan fingerprint density at radius 1 is 1.35 bits per heavy atom. The monoisotopic (exact) mass is 286 g/mol. The molecule has 0 spiro atoms. The molecule has 0 atom stereocenters. The molecule has 2 rings (SSSR count). The quantitative estimate of drug-likeness (QED) is 0.903. The molecule has 1 heterocycles. The Labute approximate surface area is 110 Å². The van der Waals surface area contributed by atoms with Gasteiger partial charge in [0, 0.05) is 6.42 Å². The van der Waals surface area contributed by atoms with Crippen molar-refractivity contribution < 1.29 is 23.1 Å². The molecule has 0 radical (unpaired) electrons. The second-order valence-electron chi connectivity index (χ2n) is 4.14. The fourth-order valence-electron chi connectivity index (χ4n) is 1.71. The third kappa shape index (κ3) is 2.95. The minimum atomic E-state index is -4.53. The first-order valence-corrected chi connectivity index (χ1v) is 5.59. The second kappa shape index (κ2) is 4.95. The van der Waals surface area contributed by atoms with Crippen molar-refractivity contribution in [2.45, 2.75) is 19.0 Å². The molecule has 0 amide bonds. The van der Waals surface area contributed by atoms with Crippen LogP contribution in [0.15, 0.2) is 23.0 Å². The van der Waals surface area contributed by atoms with Crippen LogP contribution in [0.4, 0.5) is 13.2 Å². The predicted octanol–water partition coefficient (Wildman–Crippen LogP) is 1.96. The molecule has 5 nitrogen and oxygen atoms in total. The van der Waals surface area contributed by atoms with Crippen LogP contribution in [0.5, 0.6) is 0 Å². The first-order valence-electron chi connectivity index (χ1n) is 5.59. The highest BCUT2D eigenvalue weighted by Gasteiger charge is 2.30. The molecule has 2 aromatic rings. The molecule has 0 bridgehead atoms. The lowest BCUT2D eigenvalue weighted by atomic mass is 10.1. The summed E-state index contributed by atoms with van der Waals surface area (Å²) in [5.41, 5.74) is -1.61. The zero-order valence-corrected chi connectivity index (χ0v) is 9.99. The number of aromatic amines is 1. The Hall–Kier alpha value is -2.38. The first-order chi connectivity index (χ1) is 9.27. The lowest BCUT2D eigenvalue weighted by Crippen LogP contribution is -2.14. The molecular weight excluding hydrogens is 277 g/mol. The second-order valence-corrected chi connectivity index (χ2v) is 4.14. The van der Waals surface area contributed by atoms with Gasteiger partial charge in [-0.25, -0.2) is 4.98 Å². The van der Waals surface area contributed by atoms with Crippen molar-refractivity contribution in [2.75, 3.05) is 0 Å². The van der Waals surface area contributed by atoms with Crippen LogP contribution in [0.2, 0.25) is 0 Å². The fraction of sp³-hybridized carbons (Fsp3) is 0.250. The van der Waals surface area contributed by atoms with E-state index in [4.69, 9.17) is 5.11 Å². The summed E-state index contributed by atoms with van der Waals surface area (Å²) in [6, 6.07) is 2.62. The number of alkyl halides is 3. The molecule has 0 saturated carbocycles. The van der Waals surface area contributed by atoms with E-state index in [1.165, 1.54) is 0 Å². The highest BCUT2D eigenvalue weighted by Crippen LogP contribution is 2.30. The van der Waals surface area contributed by atoms with Gasteiger partial charge in [-0.05, 0) is 18.2 Å². The summed E-state index contributed by atoms with van der Waals surface area (Å²) in [6.07, 6.45) is -4.86. The summed E-state index contributed by atoms with van der Waals surface area (Å²) in [5, 5.41) is 8.56. The minimum absolute atomic E-state index is 0.0251. The largest absolute Gasteiger partial charge is 0.481 e. The SMILES string of the molecule is O=C(O)CCc1nc2cc(C(F)(F)F)ccc2c(=O)[nH]1. The highest BCUT2D eigenvalue weighted by molar-refractivity contribution is 5.78. The number of carboxylic acid groups (broad SMARTS) is 1. The first kappa shape index (κ1) is 14.0. The van der Waals surface area contributed by atoms with Gasteiger partial charge >= 0.3 is 12.1 Å². The summed E-state index contributed by atoms with van der Waals surface area (Å²) in [5.74, 6) is -1.04. The van der Waals surface area contributed by atoms with Crippen molar-refractivity contribution in [1.82, 2.24) is 9.97 Å². The normalized spacial score (nSPS) is 11.8. The number of H-pyrrole nitrogens is 1. The summed E-state index contributed by atoms with van der Waals surface area (Å²) in [7, 11) is 0. The van der Waals surface area contributed by atoms with Gasteiger partial charge in [-0.1, -0.05) is 0 Å². The smallest absolute Gasteiger partial charge is 0.416 e. The van der Waals surface area contributed by atoms with Crippen LogP contribution in [0, 0.1) is 0 Å². The van der Waals surface area contributed by atoms with Crippen molar-refractivity contribution in [2.24, 2.45) is 0 Å². The third-order valence-corrected chi connectivity index (χ3v) is 2.66. The van der Waals surface area contributed by atoms with Gasteiger partial charge in [0.1, 0.15) is 5.82 Å². The summed E-state index contributed by atoms with van der Waals surface area (Å²) < 4.78 is 37.7. The molecule has 0 unspecified atom stereocenters. The maximum absolute atomic E-state index is 12.6. The Bertz CT molecular complexity index is 722. The summed E-state index contributed by atoms with van der Waals surface area (Å²) in [4.78, 5) is 28.3. The average Bonchev–Trinajstić information content (AvgIpc) is 2.34. The number of aromatic nitrogens is 2. The standard InChI is InChI=1S/C12H9F3N2O3/c13-12(14,15)6-1-2-7-8(5-6)16-9(17-11(7)20)3-4-10(18)19/h1-2,5H,3-4H2,(H,18,19)(H,16,17,20). The van der Waals surface area contributed by atoms with E-state index in [9.17, 15) is 22.8 Å². The lowest BCUT2D eigenvalue weighted by Gasteiger charge is -2.07. The molecule has 1 aromatic carbocycles. The molecule has 0 aliphatic rings. The molecule has 0 aliphatic carbocycles. The van der Waals surface area contributed by atoms with Crippen molar-refractivity contribution in [1.29, 1.82) is 0 Å².